The molecule has 0 aromatic carbocycles. The number of halogens is 1. The third-order valence-corrected chi connectivity index (χ3v) is 3.93. The van der Waals surface area contributed by atoms with Crippen molar-refractivity contribution in [3.8, 4) is 0 Å². The molecule has 96 valence electrons. The molecule has 1 heterocycles. The average Bonchev–Trinajstić information content (AvgIpc) is 2.30. The van der Waals surface area contributed by atoms with Crippen molar-refractivity contribution in [2.45, 2.75) is 33.2 Å². The zero-order valence-electron chi connectivity index (χ0n) is 11.1. The first-order valence-corrected chi connectivity index (χ1v) is 7.50. The Bertz CT molecular complexity index is 384. The van der Waals surface area contributed by atoms with Crippen molar-refractivity contribution in [2.24, 2.45) is 0 Å². The number of hydrogen-bond acceptors (Lipinski definition) is 4. The molecular weight excluding hydrogens is 254 g/mol. The summed E-state index contributed by atoms with van der Waals surface area (Å²) in [5.74, 6) is 1.86. The maximum absolute atomic E-state index is 6.18. The van der Waals surface area contributed by atoms with E-state index in [2.05, 4.69) is 28.0 Å². The monoisotopic (exact) mass is 273 g/mol. The molecule has 5 heteroatoms. The number of anilines is 1. The Labute approximate surface area is 113 Å². The second kappa shape index (κ2) is 6.45. The Hall–Kier alpha value is -0.480. The van der Waals surface area contributed by atoms with Crippen molar-refractivity contribution < 1.29 is 0 Å². The van der Waals surface area contributed by atoms with Crippen LogP contribution in [0.4, 0.5) is 5.82 Å². The predicted molar refractivity (Wildman–Crippen MR) is 77.4 cm³/mol. The molecule has 1 aromatic rings. The Morgan fingerprint density at radius 3 is 2.41 bits per heavy atom. The zero-order chi connectivity index (χ0) is 13.0. The molecule has 3 nitrogen and oxygen atoms in total. The van der Waals surface area contributed by atoms with E-state index in [1.54, 1.807) is 0 Å². The van der Waals surface area contributed by atoms with Crippen LogP contribution in [0.1, 0.15) is 24.7 Å². The summed E-state index contributed by atoms with van der Waals surface area (Å²) in [7, 11) is 2.04. The number of aromatic nitrogens is 2. The largest absolute Gasteiger partial charge is 0.353 e. The van der Waals surface area contributed by atoms with Gasteiger partial charge in [-0.2, -0.15) is 11.8 Å². The van der Waals surface area contributed by atoms with Gasteiger partial charge in [-0.25, -0.2) is 9.97 Å². The van der Waals surface area contributed by atoms with E-state index in [1.165, 1.54) is 0 Å². The van der Waals surface area contributed by atoms with Crippen molar-refractivity contribution in [3.05, 3.63) is 16.5 Å². The Kier molecular flexibility index (Phi) is 5.53. The third-order valence-electron chi connectivity index (χ3n) is 2.96. The highest BCUT2D eigenvalue weighted by molar-refractivity contribution is 7.98. The second-order valence-electron chi connectivity index (χ2n) is 4.14. The van der Waals surface area contributed by atoms with Crippen LogP contribution < -0.4 is 4.90 Å². The molecule has 0 bridgehead atoms. The third kappa shape index (κ3) is 3.49. The zero-order valence-corrected chi connectivity index (χ0v) is 12.7. The summed E-state index contributed by atoms with van der Waals surface area (Å²) in [6.45, 7) is 6.07. The lowest BCUT2D eigenvalue weighted by Gasteiger charge is -2.28. The maximum Gasteiger partial charge on any atom is 0.171 e. The van der Waals surface area contributed by atoms with Gasteiger partial charge in [0.05, 0.1) is 11.4 Å². The smallest absolute Gasteiger partial charge is 0.171 e. The summed E-state index contributed by atoms with van der Waals surface area (Å²) < 4.78 is 0. The lowest BCUT2D eigenvalue weighted by atomic mass is 10.2. The van der Waals surface area contributed by atoms with Crippen LogP contribution in [0.15, 0.2) is 0 Å². The first kappa shape index (κ1) is 14.6. The summed E-state index contributed by atoms with van der Waals surface area (Å²) in [5, 5.41) is 0.496. The molecule has 0 spiro atoms. The first-order valence-electron chi connectivity index (χ1n) is 5.73. The van der Waals surface area contributed by atoms with Crippen molar-refractivity contribution >= 4 is 29.2 Å². The molecule has 1 unspecified atom stereocenters. The van der Waals surface area contributed by atoms with Crippen LogP contribution in [0.2, 0.25) is 5.15 Å². The highest BCUT2D eigenvalue weighted by Crippen LogP contribution is 2.25. The fraction of sp³-hybridized carbons (Fsp3) is 0.667. The van der Waals surface area contributed by atoms with Crippen LogP contribution in [0, 0.1) is 13.8 Å². The van der Waals surface area contributed by atoms with Gasteiger partial charge in [0.1, 0.15) is 0 Å². The normalized spacial score (nSPS) is 12.6. The van der Waals surface area contributed by atoms with Gasteiger partial charge in [-0.15, -0.1) is 0 Å². The topological polar surface area (TPSA) is 29.0 Å². The molecule has 0 N–H and O–H groups in total. The van der Waals surface area contributed by atoms with Crippen molar-refractivity contribution in [1.82, 2.24) is 9.97 Å². The average molecular weight is 274 g/mol. The molecule has 0 aliphatic heterocycles. The highest BCUT2D eigenvalue weighted by Gasteiger charge is 2.18. The summed E-state index contributed by atoms with van der Waals surface area (Å²) >= 11 is 8.01. The number of rotatable bonds is 5. The van der Waals surface area contributed by atoms with Gasteiger partial charge in [-0.05, 0) is 26.5 Å². The van der Waals surface area contributed by atoms with E-state index < -0.39 is 0 Å². The van der Waals surface area contributed by atoms with Crippen LogP contribution in [0.25, 0.3) is 0 Å². The van der Waals surface area contributed by atoms with Crippen molar-refractivity contribution in [1.29, 1.82) is 0 Å². The minimum atomic E-state index is 0.443. The molecule has 0 saturated heterocycles. The summed E-state index contributed by atoms with van der Waals surface area (Å²) in [6, 6.07) is 0.443. The lowest BCUT2D eigenvalue weighted by molar-refractivity contribution is 0.663. The van der Waals surface area contributed by atoms with Gasteiger partial charge in [-0.3, -0.25) is 0 Å². The Morgan fingerprint density at radius 1 is 1.29 bits per heavy atom. The Morgan fingerprint density at radius 2 is 1.88 bits per heavy atom. The fourth-order valence-corrected chi connectivity index (χ4v) is 2.80. The molecular formula is C12H20ClN3S. The molecule has 1 aromatic heterocycles. The van der Waals surface area contributed by atoms with Gasteiger partial charge in [0.15, 0.2) is 11.0 Å². The molecule has 0 aliphatic rings. The molecule has 0 saturated carbocycles. The van der Waals surface area contributed by atoms with E-state index in [1.807, 2.05) is 32.7 Å². The first-order chi connectivity index (χ1) is 8.01. The SMILES string of the molecule is CCC(CSC)N(C)c1nc(C)c(C)nc1Cl. The van der Waals surface area contributed by atoms with E-state index in [9.17, 15) is 0 Å². The van der Waals surface area contributed by atoms with Crippen LogP contribution in [0.5, 0.6) is 0 Å². The van der Waals surface area contributed by atoms with Crippen LogP contribution in [0.3, 0.4) is 0 Å². The molecule has 0 aliphatic carbocycles. The van der Waals surface area contributed by atoms with Crippen LogP contribution >= 0.6 is 23.4 Å². The van der Waals surface area contributed by atoms with E-state index in [0.717, 1.165) is 29.4 Å². The van der Waals surface area contributed by atoms with Gasteiger partial charge in [0.25, 0.3) is 0 Å². The number of nitrogens with zero attached hydrogens (tertiary/aromatic N) is 3. The van der Waals surface area contributed by atoms with Crippen molar-refractivity contribution in [2.75, 3.05) is 24.0 Å². The van der Waals surface area contributed by atoms with Crippen molar-refractivity contribution in [3.63, 3.8) is 0 Å². The molecule has 17 heavy (non-hydrogen) atoms. The minimum absolute atomic E-state index is 0.443. The molecule has 1 rings (SSSR count). The summed E-state index contributed by atoms with van der Waals surface area (Å²) in [6.07, 6.45) is 3.19. The molecule has 0 fully saturated rings. The molecule has 0 amide bonds. The van der Waals surface area contributed by atoms with Gasteiger partial charge in [0, 0.05) is 18.8 Å². The predicted octanol–water partition coefficient (Wildman–Crippen LogP) is 3.32. The quantitative estimate of drug-likeness (QED) is 0.823. The lowest BCUT2D eigenvalue weighted by Crippen LogP contribution is -2.34. The molecule has 1 atom stereocenters. The fourth-order valence-electron chi connectivity index (χ4n) is 1.66. The standard InChI is InChI=1S/C12H20ClN3S/c1-6-10(7-17-5)16(4)12-11(13)14-8(2)9(3)15-12/h10H,6-7H2,1-5H3. The summed E-state index contributed by atoms with van der Waals surface area (Å²) in [5.41, 5.74) is 1.83. The van der Waals surface area contributed by atoms with Gasteiger partial charge in [0.2, 0.25) is 0 Å². The highest BCUT2D eigenvalue weighted by atomic mass is 35.5. The Balaban J connectivity index is 3.02. The summed E-state index contributed by atoms with van der Waals surface area (Å²) in [4.78, 5) is 11.0. The number of aryl methyl sites for hydroxylation is 2. The minimum Gasteiger partial charge on any atom is -0.353 e. The maximum atomic E-state index is 6.18. The second-order valence-corrected chi connectivity index (χ2v) is 5.41. The van der Waals surface area contributed by atoms with Crippen LogP contribution in [-0.4, -0.2) is 35.1 Å². The van der Waals surface area contributed by atoms with Gasteiger partial charge in [-0.1, -0.05) is 18.5 Å². The van der Waals surface area contributed by atoms with E-state index in [4.69, 9.17) is 11.6 Å². The van der Waals surface area contributed by atoms with Gasteiger partial charge < -0.3 is 4.90 Å². The molecule has 0 radical (unpaired) electrons. The van der Waals surface area contributed by atoms with E-state index >= 15 is 0 Å². The number of hydrogen-bond donors (Lipinski definition) is 0. The van der Waals surface area contributed by atoms with Crippen LogP contribution in [-0.2, 0) is 0 Å². The van der Waals surface area contributed by atoms with Gasteiger partial charge >= 0.3 is 0 Å². The van der Waals surface area contributed by atoms with E-state index in [-0.39, 0.29) is 0 Å². The van der Waals surface area contributed by atoms with E-state index in [0.29, 0.717) is 11.2 Å². The number of thioether (sulfide) groups is 1.